The number of piperazine rings is 1. The largest absolute Gasteiger partial charge is 0.494 e. The lowest BCUT2D eigenvalue weighted by Gasteiger charge is -2.36. The second-order valence-corrected chi connectivity index (χ2v) is 5.60. The number of carbonyl (C=O) groups is 1. The van der Waals surface area contributed by atoms with E-state index in [2.05, 4.69) is 4.90 Å². The molecule has 2 aromatic carbocycles. The number of methoxy groups -OCH3 is 1. The Hall–Kier alpha value is -2.63. The Morgan fingerprint density at radius 1 is 1.00 bits per heavy atom. The van der Waals surface area contributed by atoms with Gasteiger partial charge in [0.05, 0.1) is 7.11 Å². The maximum absolute atomic E-state index is 13.8. The van der Waals surface area contributed by atoms with Crippen LogP contribution in [0.1, 0.15) is 10.4 Å². The first-order valence-corrected chi connectivity index (χ1v) is 7.72. The number of benzene rings is 2. The standard InChI is InChI=1S/C18H18F2N2O2/c1-24-17-7-2-13(12-16(17)20)18(23)22-10-8-21(9-11-22)15-5-3-14(19)4-6-15/h2-7,12H,8-11H2,1H3. The van der Waals surface area contributed by atoms with Crippen LogP contribution in [-0.2, 0) is 0 Å². The molecule has 6 heteroatoms. The summed E-state index contributed by atoms with van der Waals surface area (Å²) < 4.78 is 31.6. The summed E-state index contributed by atoms with van der Waals surface area (Å²) in [6, 6.07) is 10.5. The van der Waals surface area contributed by atoms with E-state index in [9.17, 15) is 13.6 Å². The summed E-state index contributed by atoms with van der Waals surface area (Å²) in [5.41, 5.74) is 1.24. The normalized spacial score (nSPS) is 14.6. The Morgan fingerprint density at radius 2 is 1.67 bits per heavy atom. The van der Waals surface area contributed by atoms with Crippen molar-refractivity contribution in [1.29, 1.82) is 0 Å². The quantitative estimate of drug-likeness (QED) is 0.866. The maximum Gasteiger partial charge on any atom is 0.254 e. The molecule has 0 aromatic heterocycles. The predicted molar refractivity (Wildman–Crippen MR) is 87.5 cm³/mol. The third-order valence-electron chi connectivity index (χ3n) is 4.16. The van der Waals surface area contributed by atoms with Crippen LogP contribution in [0.4, 0.5) is 14.5 Å². The van der Waals surface area contributed by atoms with Gasteiger partial charge in [0.25, 0.3) is 5.91 Å². The van der Waals surface area contributed by atoms with Crippen LogP contribution in [0.5, 0.6) is 5.75 Å². The summed E-state index contributed by atoms with van der Waals surface area (Å²) in [6.07, 6.45) is 0. The zero-order valence-electron chi connectivity index (χ0n) is 13.3. The first-order chi connectivity index (χ1) is 11.6. The van der Waals surface area contributed by atoms with Crippen molar-refractivity contribution in [3.8, 4) is 5.75 Å². The highest BCUT2D eigenvalue weighted by molar-refractivity contribution is 5.94. The highest BCUT2D eigenvalue weighted by Crippen LogP contribution is 2.21. The second-order valence-electron chi connectivity index (χ2n) is 5.60. The van der Waals surface area contributed by atoms with E-state index in [1.807, 2.05) is 0 Å². The molecule has 0 N–H and O–H groups in total. The number of nitrogens with zero attached hydrogens (tertiary/aromatic N) is 2. The minimum atomic E-state index is -0.548. The number of ether oxygens (including phenoxy) is 1. The molecular formula is C18H18F2N2O2. The summed E-state index contributed by atoms with van der Waals surface area (Å²) in [7, 11) is 1.38. The summed E-state index contributed by atoms with van der Waals surface area (Å²) in [5.74, 6) is -0.898. The van der Waals surface area contributed by atoms with Crippen LogP contribution < -0.4 is 9.64 Å². The molecule has 0 aliphatic carbocycles. The van der Waals surface area contributed by atoms with Crippen LogP contribution in [-0.4, -0.2) is 44.1 Å². The van der Waals surface area contributed by atoms with Crippen molar-refractivity contribution in [2.45, 2.75) is 0 Å². The zero-order chi connectivity index (χ0) is 17.1. The molecule has 126 valence electrons. The molecule has 24 heavy (non-hydrogen) atoms. The van der Waals surface area contributed by atoms with Crippen LogP contribution in [0.25, 0.3) is 0 Å². The number of anilines is 1. The molecule has 0 bridgehead atoms. The molecule has 1 amide bonds. The smallest absolute Gasteiger partial charge is 0.254 e. The van der Waals surface area contributed by atoms with Crippen LogP contribution >= 0.6 is 0 Å². The highest BCUT2D eigenvalue weighted by atomic mass is 19.1. The molecule has 0 atom stereocenters. The fourth-order valence-electron chi connectivity index (χ4n) is 2.80. The predicted octanol–water partition coefficient (Wildman–Crippen LogP) is 2.94. The molecular weight excluding hydrogens is 314 g/mol. The number of amides is 1. The van der Waals surface area contributed by atoms with Gasteiger partial charge in [-0.1, -0.05) is 0 Å². The Bertz CT molecular complexity index is 726. The van der Waals surface area contributed by atoms with Gasteiger partial charge in [0.1, 0.15) is 5.82 Å². The molecule has 0 saturated carbocycles. The number of carbonyl (C=O) groups excluding carboxylic acids is 1. The van der Waals surface area contributed by atoms with Gasteiger partial charge in [0.2, 0.25) is 0 Å². The van der Waals surface area contributed by atoms with Crippen molar-refractivity contribution in [3.05, 3.63) is 59.7 Å². The Labute approximate surface area is 139 Å². The maximum atomic E-state index is 13.8. The van der Waals surface area contributed by atoms with Crippen molar-refractivity contribution in [2.24, 2.45) is 0 Å². The number of rotatable bonds is 3. The molecule has 0 unspecified atom stereocenters. The summed E-state index contributed by atoms with van der Waals surface area (Å²) in [5, 5.41) is 0. The van der Waals surface area contributed by atoms with Crippen LogP contribution in [0.15, 0.2) is 42.5 Å². The van der Waals surface area contributed by atoms with E-state index in [4.69, 9.17) is 4.74 Å². The number of hydrogen-bond acceptors (Lipinski definition) is 3. The van der Waals surface area contributed by atoms with Gasteiger partial charge in [0, 0.05) is 37.4 Å². The number of halogens is 2. The van der Waals surface area contributed by atoms with E-state index >= 15 is 0 Å². The second kappa shape index (κ2) is 6.86. The van der Waals surface area contributed by atoms with Crippen LogP contribution in [0, 0.1) is 11.6 Å². The molecule has 1 aliphatic rings. The van der Waals surface area contributed by atoms with Gasteiger partial charge in [-0.05, 0) is 42.5 Å². The molecule has 0 radical (unpaired) electrons. The van der Waals surface area contributed by atoms with E-state index < -0.39 is 5.82 Å². The molecule has 4 nitrogen and oxygen atoms in total. The average Bonchev–Trinajstić information content (AvgIpc) is 2.62. The molecule has 2 aromatic rings. The van der Waals surface area contributed by atoms with Gasteiger partial charge >= 0.3 is 0 Å². The van der Waals surface area contributed by atoms with Gasteiger partial charge in [-0.3, -0.25) is 4.79 Å². The van der Waals surface area contributed by atoms with Gasteiger partial charge in [-0.2, -0.15) is 0 Å². The first kappa shape index (κ1) is 16.2. The monoisotopic (exact) mass is 332 g/mol. The Morgan fingerprint density at radius 3 is 2.25 bits per heavy atom. The van der Waals surface area contributed by atoms with Crippen molar-refractivity contribution < 1.29 is 18.3 Å². The van der Waals surface area contributed by atoms with Crippen molar-refractivity contribution in [3.63, 3.8) is 0 Å². The Balaban J connectivity index is 1.64. The van der Waals surface area contributed by atoms with Gasteiger partial charge in [0.15, 0.2) is 11.6 Å². The lowest BCUT2D eigenvalue weighted by Crippen LogP contribution is -2.48. The highest BCUT2D eigenvalue weighted by Gasteiger charge is 2.23. The molecule has 0 spiro atoms. The first-order valence-electron chi connectivity index (χ1n) is 7.72. The average molecular weight is 332 g/mol. The lowest BCUT2D eigenvalue weighted by molar-refractivity contribution is 0.0746. The third kappa shape index (κ3) is 3.32. The molecule has 1 heterocycles. The van der Waals surface area contributed by atoms with E-state index in [0.29, 0.717) is 31.7 Å². The summed E-state index contributed by atoms with van der Waals surface area (Å²) >= 11 is 0. The van der Waals surface area contributed by atoms with E-state index in [-0.39, 0.29) is 17.5 Å². The van der Waals surface area contributed by atoms with E-state index in [1.165, 1.54) is 31.4 Å². The molecule has 1 saturated heterocycles. The zero-order valence-corrected chi connectivity index (χ0v) is 13.3. The van der Waals surface area contributed by atoms with Crippen LogP contribution in [0.3, 0.4) is 0 Å². The number of hydrogen-bond donors (Lipinski definition) is 0. The summed E-state index contributed by atoms with van der Waals surface area (Å²) in [6.45, 7) is 2.36. The van der Waals surface area contributed by atoms with E-state index in [0.717, 1.165) is 5.69 Å². The Kier molecular flexibility index (Phi) is 4.64. The fourth-order valence-corrected chi connectivity index (χ4v) is 2.80. The van der Waals surface area contributed by atoms with Crippen molar-refractivity contribution >= 4 is 11.6 Å². The van der Waals surface area contributed by atoms with Gasteiger partial charge in [-0.15, -0.1) is 0 Å². The van der Waals surface area contributed by atoms with Gasteiger partial charge < -0.3 is 14.5 Å². The third-order valence-corrected chi connectivity index (χ3v) is 4.16. The van der Waals surface area contributed by atoms with Gasteiger partial charge in [-0.25, -0.2) is 8.78 Å². The minimum absolute atomic E-state index is 0.118. The topological polar surface area (TPSA) is 32.8 Å². The molecule has 1 aliphatic heterocycles. The molecule has 3 rings (SSSR count). The lowest BCUT2D eigenvalue weighted by atomic mass is 10.1. The SMILES string of the molecule is COc1ccc(C(=O)N2CCN(c3ccc(F)cc3)CC2)cc1F. The van der Waals surface area contributed by atoms with Crippen LogP contribution in [0.2, 0.25) is 0 Å². The fraction of sp³-hybridized carbons (Fsp3) is 0.278. The van der Waals surface area contributed by atoms with Crippen molar-refractivity contribution in [2.75, 3.05) is 38.2 Å². The minimum Gasteiger partial charge on any atom is -0.494 e. The molecule has 1 fully saturated rings. The summed E-state index contributed by atoms with van der Waals surface area (Å²) in [4.78, 5) is 16.3. The van der Waals surface area contributed by atoms with E-state index in [1.54, 1.807) is 23.1 Å². The van der Waals surface area contributed by atoms with Crippen molar-refractivity contribution in [1.82, 2.24) is 4.90 Å².